The molecule has 0 saturated heterocycles. The van der Waals surface area contributed by atoms with Crippen LogP contribution in [0.3, 0.4) is 0 Å². The Bertz CT molecular complexity index is 788. The minimum Gasteiger partial charge on any atom is -0.484 e. The minimum atomic E-state index is -0.581. The molecule has 3 rings (SSSR count). The molecule has 7 nitrogen and oxygen atoms in total. The van der Waals surface area contributed by atoms with Crippen LogP contribution in [0.15, 0.2) is 30.3 Å². The van der Waals surface area contributed by atoms with Gasteiger partial charge in [-0.05, 0) is 61.0 Å². The number of fused-ring (bicyclic) bond motifs is 1. The fourth-order valence-electron chi connectivity index (χ4n) is 6.04. The van der Waals surface area contributed by atoms with Crippen LogP contribution in [0.25, 0.3) is 0 Å². The van der Waals surface area contributed by atoms with Crippen LogP contribution in [-0.4, -0.2) is 55.9 Å². The lowest BCUT2D eigenvalue weighted by Crippen LogP contribution is -2.59. The number of benzene rings is 1. The van der Waals surface area contributed by atoms with Crippen molar-refractivity contribution in [2.75, 3.05) is 26.9 Å². The van der Waals surface area contributed by atoms with E-state index in [1.165, 1.54) is 0 Å². The summed E-state index contributed by atoms with van der Waals surface area (Å²) in [6, 6.07) is 9.28. The van der Waals surface area contributed by atoms with E-state index in [1.54, 1.807) is 7.11 Å². The zero-order chi connectivity index (χ0) is 24.0. The molecule has 2 amide bonds. The average Bonchev–Trinajstić information content (AvgIpc) is 2.80. The highest BCUT2D eigenvalue weighted by molar-refractivity contribution is 5.79. The lowest BCUT2D eigenvalue weighted by atomic mass is 9.51. The standard InChI is InChI=1S/C26H40N2O5/c1-17(25(31)27-14-15-32-4)20-10-12-26(3)13-11-21(18(2)23(26)24(20)30)28-22(29)16-33-19-8-6-5-7-9-19/h5-9,17-18,20-21,23-24,30H,10-16H2,1-4H3,(H,27,31)(H,28,29)/t17-,18-,20+,21-,23+,24-,26+/m0/s1. The molecule has 0 radical (unpaired) electrons. The Kier molecular flexibility index (Phi) is 8.76. The van der Waals surface area contributed by atoms with Gasteiger partial charge in [-0.15, -0.1) is 0 Å². The van der Waals surface area contributed by atoms with Gasteiger partial charge >= 0.3 is 0 Å². The summed E-state index contributed by atoms with van der Waals surface area (Å²) in [5.41, 5.74) is 0.0172. The maximum atomic E-state index is 12.6. The van der Waals surface area contributed by atoms with Gasteiger partial charge in [-0.3, -0.25) is 9.59 Å². The van der Waals surface area contributed by atoms with Crippen molar-refractivity contribution >= 4 is 11.8 Å². The summed E-state index contributed by atoms with van der Waals surface area (Å²) in [4.78, 5) is 25.2. The van der Waals surface area contributed by atoms with Gasteiger partial charge in [0, 0.05) is 25.6 Å². The third-order valence-corrected chi connectivity index (χ3v) is 8.01. The molecule has 0 spiro atoms. The summed E-state index contributed by atoms with van der Waals surface area (Å²) >= 11 is 0. The van der Waals surface area contributed by atoms with Gasteiger partial charge in [-0.25, -0.2) is 0 Å². The quantitative estimate of drug-likeness (QED) is 0.493. The van der Waals surface area contributed by atoms with Gasteiger partial charge in [0.2, 0.25) is 5.91 Å². The van der Waals surface area contributed by atoms with E-state index in [0.29, 0.717) is 18.9 Å². The third kappa shape index (κ3) is 6.07. The average molecular weight is 461 g/mol. The Hall–Kier alpha value is -2.12. The second-order valence-electron chi connectivity index (χ2n) is 10.1. The van der Waals surface area contributed by atoms with Gasteiger partial charge in [-0.1, -0.05) is 39.0 Å². The number of hydrogen-bond donors (Lipinski definition) is 3. The van der Waals surface area contributed by atoms with Crippen molar-refractivity contribution < 1.29 is 24.2 Å². The van der Waals surface area contributed by atoms with Crippen LogP contribution in [0.1, 0.15) is 46.5 Å². The fraction of sp³-hybridized carbons (Fsp3) is 0.692. The number of amides is 2. The molecule has 7 heteroatoms. The van der Waals surface area contributed by atoms with Crippen molar-refractivity contribution in [1.82, 2.24) is 10.6 Å². The van der Waals surface area contributed by atoms with Crippen molar-refractivity contribution in [3.05, 3.63) is 30.3 Å². The van der Waals surface area contributed by atoms with E-state index in [9.17, 15) is 14.7 Å². The molecule has 0 unspecified atom stereocenters. The van der Waals surface area contributed by atoms with Crippen LogP contribution in [0, 0.1) is 29.1 Å². The van der Waals surface area contributed by atoms with E-state index in [2.05, 4.69) is 24.5 Å². The van der Waals surface area contributed by atoms with Gasteiger partial charge in [-0.2, -0.15) is 0 Å². The molecule has 0 aromatic heterocycles. The van der Waals surface area contributed by atoms with Crippen LogP contribution in [0.2, 0.25) is 0 Å². The molecule has 3 N–H and O–H groups in total. The van der Waals surface area contributed by atoms with E-state index in [-0.39, 0.29) is 53.5 Å². The monoisotopic (exact) mass is 460 g/mol. The number of carbonyl (C=O) groups excluding carboxylic acids is 2. The lowest BCUT2D eigenvalue weighted by Gasteiger charge is -2.56. The van der Waals surface area contributed by atoms with Crippen molar-refractivity contribution in [3.63, 3.8) is 0 Å². The van der Waals surface area contributed by atoms with Gasteiger partial charge in [0.05, 0.1) is 12.7 Å². The Balaban J connectivity index is 1.61. The first-order valence-corrected chi connectivity index (χ1v) is 12.2. The van der Waals surface area contributed by atoms with Crippen LogP contribution in [0.4, 0.5) is 0 Å². The predicted molar refractivity (Wildman–Crippen MR) is 127 cm³/mol. The van der Waals surface area contributed by atoms with Gasteiger partial charge in [0.15, 0.2) is 6.61 Å². The zero-order valence-electron chi connectivity index (χ0n) is 20.4. The number of hydrogen-bond acceptors (Lipinski definition) is 5. The van der Waals surface area contributed by atoms with Crippen LogP contribution >= 0.6 is 0 Å². The molecular formula is C26H40N2O5. The zero-order valence-corrected chi connectivity index (χ0v) is 20.4. The Morgan fingerprint density at radius 2 is 1.91 bits per heavy atom. The number of ether oxygens (including phenoxy) is 2. The Morgan fingerprint density at radius 1 is 1.21 bits per heavy atom. The largest absolute Gasteiger partial charge is 0.484 e. The van der Waals surface area contributed by atoms with Gasteiger partial charge in [0.1, 0.15) is 5.75 Å². The number of rotatable bonds is 9. The topological polar surface area (TPSA) is 96.9 Å². The number of methoxy groups -OCH3 is 1. The number of aliphatic hydroxyl groups excluding tert-OH is 1. The first-order chi connectivity index (χ1) is 15.8. The highest BCUT2D eigenvalue weighted by Crippen LogP contribution is 2.55. The molecule has 184 valence electrons. The van der Waals surface area contributed by atoms with Crippen molar-refractivity contribution in [3.8, 4) is 5.75 Å². The van der Waals surface area contributed by atoms with Crippen molar-refractivity contribution in [2.24, 2.45) is 29.1 Å². The van der Waals surface area contributed by atoms with Crippen molar-refractivity contribution in [2.45, 2.75) is 58.6 Å². The summed E-state index contributed by atoms with van der Waals surface area (Å²) in [6.45, 7) is 7.21. The molecule has 2 fully saturated rings. The van der Waals surface area contributed by atoms with Crippen LogP contribution < -0.4 is 15.4 Å². The van der Waals surface area contributed by atoms with E-state index >= 15 is 0 Å². The summed E-state index contributed by atoms with van der Waals surface area (Å²) in [5.74, 6) is 0.246. The lowest BCUT2D eigenvalue weighted by molar-refractivity contribution is -0.144. The molecule has 0 bridgehead atoms. The molecule has 2 aliphatic rings. The maximum Gasteiger partial charge on any atom is 0.258 e. The number of carbonyl (C=O) groups is 2. The Morgan fingerprint density at radius 3 is 2.61 bits per heavy atom. The third-order valence-electron chi connectivity index (χ3n) is 8.01. The summed E-state index contributed by atoms with van der Waals surface area (Å²) in [6.07, 6.45) is 3.07. The molecule has 0 heterocycles. The van der Waals surface area contributed by atoms with Gasteiger partial charge in [0.25, 0.3) is 5.91 Å². The highest BCUT2D eigenvalue weighted by Gasteiger charge is 2.53. The normalized spacial score (nSPS) is 32.3. The molecule has 7 atom stereocenters. The van der Waals surface area contributed by atoms with Crippen LogP contribution in [0.5, 0.6) is 5.75 Å². The first-order valence-electron chi connectivity index (χ1n) is 12.2. The second-order valence-corrected chi connectivity index (χ2v) is 10.1. The van der Waals surface area contributed by atoms with E-state index < -0.39 is 6.10 Å². The van der Waals surface area contributed by atoms with E-state index in [0.717, 1.165) is 25.7 Å². The highest BCUT2D eigenvalue weighted by atomic mass is 16.5. The van der Waals surface area contributed by atoms with E-state index in [4.69, 9.17) is 9.47 Å². The predicted octanol–water partition coefficient (Wildman–Crippen LogP) is 2.77. The van der Waals surface area contributed by atoms with Gasteiger partial charge < -0.3 is 25.2 Å². The summed E-state index contributed by atoms with van der Waals surface area (Å²) in [5, 5.41) is 17.5. The van der Waals surface area contributed by atoms with Crippen molar-refractivity contribution in [1.29, 1.82) is 0 Å². The van der Waals surface area contributed by atoms with E-state index in [1.807, 2.05) is 37.3 Å². The smallest absolute Gasteiger partial charge is 0.258 e. The number of nitrogens with one attached hydrogen (secondary N) is 2. The SMILES string of the molecule is COCCNC(=O)[C@@H](C)[C@H]1CC[C@]2(C)CC[C@H](NC(=O)COc3ccccc3)[C@H](C)[C@@H]2[C@H]1O. The molecule has 1 aromatic carbocycles. The number of para-hydroxylation sites is 1. The molecule has 0 aliphatic heterocycles. The minimum absolute atomic E-state index is 0.0172. The maximum absolute atomic E-state index is 12.6. The Labute approximate surface area is 197 Å². The molecule has 1 aromatic rings. The molecular weight excluding hydrogens is 420 g/mol. The first kappa shape index (κ1) is 25.5. The molecule has 33 heavy (non-hydrogen) atoms. The fourth-order valence-corrected chi connectivity index (χ4v) is 6.04. The summed E-state index contributed by atoms with van der Waals surface area (Å²) in [7, 11) is 1.61. The summed E-state index contributed by atoms with van der Waals surface area (Å²) < 4.78 is 10.6. The van der Waals surface area contributed by atoms with Crippen LogP contribution in [-0.2, 0) is 14.3 Å². The molecule has 2 saturated carbocycles. The molecule has 2 aliphatic carbocycles. The number of aliphatic hydroxyl groups is 1. The second kappa shape index (κ2) is 11.3.